The van der Waals surface area contributed by atoms with Crippen LogP contribution >= 0.6 is 0 Å². The van der Waals surface area contributed by atoms with E-state index in [9.17, 15) is 60.0 Å². The summed E-state index contributed by atoms with van der Waals surface area (Å²) in [5.74, 6) is -0.604. The quantitative estimate of drug-likeness (QED) is 0.0458. The number of hydrogen-bond donors (Lipinski definition) is 11. The van der Waals surface area contributed by atoms with Gasteiger partial charge < -0.3 is 70.4 Å². The van der Waals surface area contributed by atoms with Gasteiger partial charge in [-0.15, -0.1) is 0 Å². The normalized spacial score (nSPS) is 33.9. The molecule has 0 aromatic carbocycles. The van der Waals surface area contributed by atoms with Crippen LogP contribution in [-0.2, 0) is 28.5 Å². The molecule has 0 aliphatic carbocycles. The van der Waals surface area contributed by atoms with Crippen molar-refractivity contribution in [3.63, 3.8) is 0 Å². The maximum atomic E-state index is 13.2. The van der Waals surface area contributed by atoms with Crippen molar-refractivity contribution in [2.24, 2.45) is 5.92 Å². The zero-order valence-electron chi connectivity index (χ0n) is 34.5. The molecule has 3 saturated heterocycles. The van der Waals surface area contributed by atoms with E-state index in [1.807, 2.05) is 4.98 Å². The summed E-state index contributed by atoms with van der Waals surface area (Å²) >= 11 is 0. The molecule has 2 amide bonds. The average Bonchev–Trinajstić information content (AvgIpc) is 3.49. The highest BCUT2D eigenvalue weighted by Crippen LogP contribution is 2.34. The Labute approximate surface area is 348 Å². The fourth-order valence-electron chi connectivity index (χ4n) is 7.80. The number of rotatable bonds is 22. The van der Waals surface area contributed by atoms with Crippen LogP contribution in [0.2, 0.25) is 0 Å². The van der Waals surface area contributed by atoms with E-state index >= 15 is 0 Å². The molecule has 3 aliphatic rings. The number of aromatic nitrogens is 2. The third-order valence-corrected chi connectivity index (χ3v) is 11.2. The molecule has 20 heteroatoms. The van der Waals surface area contributed by atoms with E-state index in [-0.39, 0.29) is 0 Å². The van der Waals surface area contributed by atoms with E-state index in [4.69, 9.17) is 18.9 Å². The molecule has 0 bridgehead atoms. The SMILES string of the molecule is CC(=O)N[C@H]1[C@H](O[C@@H]2O[C@H](C[C@@H](O)[C@H]3O[C@@H](n4ccc(=O)[nH]c4=O)[C@H](O)[C@@H]3O)[C@H](O)[C@H](O)[C@H]2NC(=O)/C=C/CCCCCCCCCCCC(C)C)O[C@H](CO)[C@@H](O)[C@@H]1O. The summed E-state index contributed by atoms with van der Waals surface area (Å²) in [6, 6.07) is -2.01. The highest BCUT2D eigenvalue weighted by atomic mass is 16.8. The fourth-order valence-corrected chi connectivity index (χ4v) is 7.80. The number of aliphatic hydroxyl groups excluding tert-OH is 8. The van der Waals surface area contributed by atoms with Crippen molar-refractivity contribution in [3.8, 4) is 0 Å². The Kier molecular flexibility index (Phi) is 19.7. The molecule has 342 valence electrons. The van der Waals surface area contributed by atoms with E-state index in [0.29, 0.717) is 6.42 Å². The standard InChI is InChI=1S/C40H66N4O16/c1-21(2)15-13-11-9-7-5-4-6-8-10-12-14-16-26(48)42-29-33(53)30(50)24(57-39(29)60-38-28(41-22(3)46)32(52)31(51)25(20-45)58-38)19-23(47)36-34(54)35(55)37(59-36)44-18-17-27(49)43-40(44)56/h14,16-18,21,23-25,28-39,45,47,50-55H,4-13,15,19-20H2,1-3H3,(H,41,46)(H,42,48)(H,43,49,56)/b16-14+/t23-,24-,25-,28-,29-,30+,31-,32-,33-,34+,35-,36-,37-,38+,39+/m1/s1. The maximum Gasteiger partial charge on any atom is 0.330 e. The number of hydrogen-bond acceptors (Lipinski definition) is 16. The number of nitrogens with zero attached hydrogens (tertiary/aromatic N) is 1. The number of carbonyl (C=O) groups excluding carboxylic acids is 2. The molecule has 0 saturated carbocycles. The van der Waals surface area contributed by atoms with Crippen molar-refractivity contribution in [1.82, 2.24) is 20.2 Å². The second-order valence-corrected chi connectivity index (χ2v) is 16.5. The number of aliphatic hydroxyl groups is 8. The number of carbonyl (C=O) groups is 2. The fraction of sp³-hybridized carbons (Fsp3) is 0.800. The number of unbranched alkanes of at least 4 members (excludes halogenated alkanes) is 9. The largest absolute Gasteiger partial charge is 0.394 e. The first-order valence-corrected chi connectivity index (χ1v) is 21.1. The molecule has 0 unspecified atom stereocenters. The Morgan fingerprint density at radius 1 is 0.800 bits per heavy atom. The van der Waals surface area contributed by atoms with Crippen molar-refractivity contribution >= 4 is 11.8 Å². The Morgan fingerprint density at radius 3 is 1.95 bits per heavy atom. The van der Waals surface area contributed by atoms with Crippen LogP contribution in [0.4, 0.5) is 0 Å². The number of allylic oxidation sites excluding steroid dienone is 1. The molecule has 15 atom stereocenters. The molecule has 0 radical (unpaired) electrons. The van der Waals surface area contributed by atoms with Crippen LogP contribution in [0, 0.1) is 5.92 Å². The van der Waals surface area contributed by atoms with Crippen LogP contribution in [0.1, 0.15) is 104 Å². The van der Waals surface area contributed by atoms with Crippen LogP contribution in [0.5, 0.6) is 0 Å². The van der Waals surface area contributed by atoms with Crippen LogP contribution < -0.4 is 21.9 Å². The molecular weight excluding hydrogens is 792 g/mol. The van der Waals surface area contributed by atoms with Crippen molar-refractivity contribution < 1.29 is 69.4 Å². The topological polar surface area (TPSA) is 312 Å². The van der Waals surface area contributed by atoms with E-state index in [2.05, 4.69) is 24.5 Å². The summed E-state index contributed by atoms with van der Waals surface area (Å²) in [6.45, 7) is 4.83. The Balaban J connectivity index is 1.42. The molecule has 1 aromatic heterocycles. The van der Waals surface area contributed by atoms with Crippen molar-refractivity contribution in [1.29, 1.82) is 0 Å². The molecule has 1 aromatic rings. The summed E-state index contributed by atoms with van der Waals surface area (Å²) in [4.78, 5) is 51.2. The van der Waals surface area contributed by atoms with E-state index < -0.39 is 128 Å². The highest BCUT2D eigenvalue weighted by Gasteiger charge is 2.53. The van der Waals surface area contributed by atoms with Gasteiger partial charge in [-0.05, 0) is 24.8 Å². The minimum absolute atomic E-state index is 0.597. The summed E-state index contributed by atoms with van der Waals surface area (Å²) < 4.78 is 24.1. The zero-order chi connectivity index (χ0) is 44.1. The first-order chi connectivity index (χ1) is 28.5. The Bertz CT molecular complexity index is 1630. The molecular formula is C40H66N4O16. The van der Waals surface area contributed by atoms with E-state index in [1.54, 1.807) is 6.08 Å². The predicted octanol–water partition coefficient (Wildman–Crippen LogP) is -1.70. The molecule has 11 N–H and O–H groups in total. The maximum absolute atomic E-state index is 13.2. The van der Waals surface area contributed by atoms with Crippen LogP contribution in [0.25, 0.3) is 0 Å². The second-order valence-electron chi connectivity index (χ2n) is 16.5. The van der Waals surface area contributed by atoms with Gasteiger partial charge in [0.05, 0.1) is 18.8 Å². The second kappa shape index (κ2) is 23.9. The molecule has 4 rings (SSSR count). The summed E-state index contributed by atoms with van der Waals surface area (Å²) in [7, 11) is 0. The van der Waals surface area contributed by atoms with Gasteiger partial charge in [0.25, 0.3) is 5.56 Å². The molecule has 4 heterocycles. The van der Waals surface area contributed by atoms with Gasteiger partial charge in [0.2, 0.25) is 11.8 Å². The first-order valence-electron chi connectivity index (χ1n) is 21.1. The van der Waals surface area contributed by atoms with Crippen LogP contribution in [0.15, 0.2) is 34.0 Å². The van der Waals surface area contributed by atoms with Gasteiger partial charge in [0, 0.05) is 25.6 Å². The average molecular weight is 859 g/mol. The number of amides is 2. The Hall–Kier alpha value is -3.12. The lowest BCUT2D eigenvalue weighted by Crippen LogP contribution is -2.68. The summed E-state index contributed by atoms with van der Waals surface area (Å²) in [6.07, 6.45) is -6.31. The predicted molar refractivity (Wildman–Crippen MR) is 212 cm³/mol. The molecule has 3 aliphatic heterocycles. The van der Waals surface area contributed by atoms with E-state index in [0.717, 1.165) is 55.4 Å². The number of nitrogens with one attached hydrogen (secondary N) is 3. The molecule has 60 heavy (non-hydrogen) atoms. The monoisotopic (exact) mass is 858 g/mol. The minimum atomic E-state index is -1.85. The summed E-state index contributed by atoms with van der Waals surface area (Å²) in [5, 5.41) is 91.5. The minimum Gasteiger partial charge on any atom is -0.394 e. The lowest BCUT2D eigenvalue weighted by Gasteiger charge is -2.47. The lowest BCUT2D eigenvalue weighted by atomic mass is 9.91. The molecule has 20 nitrogen and oxygen atoms in total. The number of aromatic amines is 1. The lowest BCUT2D eigenvalue weighted by molar-refractivity contribution is -0.346. The Morgan fingerprint density at radius 2 is 1.37 bits per heavy atom. The van der Waals surface area contributed by atoms with Gasteiger partial charge in [-0.3, -0.25) is 23.9 Å². The molecule has 3 fully saturated rings. The third-order valence-electron chi connectivity index (χ3n) is 11.2. The van der Waals surface area contributed by atoms with Crippen LogP contribution in [0.3, 0.4) is 0 Å². The van der Waals surface area contributed by atoms with Crippen molar-refractivity contribution in [2.75, 3.05) is 6.61 Å². The smallest absolute Gasteiger partial charge is 0.330 e. The van der Waals surface area contributed by atoms with Crippen molar-refractivity contribution in [3.05, 3.63) is 45.3 Å². The number of ether oxygens (including phenoxy) is 4. The van der Waals surface area contributed by atoms with E-state index in [1.165, 1.54) is 44.6 Å². The van der Waals surface area contributed by atoms with Crippen molar-refractivity contribution in [2.45, 2.75) is 190 Å². The summed E-state index contributed by atoms with van der Waals surface area (Å²) in [5.41, 5.74) is -1.68. The van der Waals surface area contributed by atoms with Crippen LogP contribution in [-0.4, -0.2) is 155 Å². The third kappa shape index (κ3) is 13.7. The molecule has 0 spiro atoms. The van der Waals surface area contributed by atoms with Gasteiger partial charge in [-0.1, -0.05) is 77.7 Å². The van der Waals surface area contributed by atoms with Gasteiger partial charge >= 0.3 is 5.69 Å². The number of H-pyrrole nitrogens is 1. The first kappa shape index (κ1) is 49.5. The zero-order valence-corrected chi connectivity index (χ0v) is 34.5. The van der Waals surface area contributed by atoms with Gasteiger partial charge in [-0.2, -0.15) is 0 Å². The van der Waals surface area contributed by atoms with Gasteiger partial charge in [-0.25, -0.2) is 4.79 Å². The van der Waals surface area contributed by atoms with Gasteiger partial charge in [0.15, 0.2) is 18.8 Å². The highest BCUT2D eigenvalue weighted by molar-refractivity contribution is 5.87. The van der Waals surface area contributed by atoms with Gasteiger partial charge in [0.1, 0.15) is 60.9 Å².